The smallest absolute Gasteiger partial charge is 0.245 e. The lowest BCUT2D eigenvalue weighted by atomic mass is 10.1. The molecule has 4 aliphatic rings. The minimum absolute atomic E-state index is 0.0274. The molecule has 1 N–H and O–H groups in total. The van der Waals surface area contributed by atoms with Crippen LogP contribution in [-0.2, 0) is 4.79 Å². The van der Waals surface area contributed by atoms with Gasteiger partial charge in [0.25, 0.3) is 0 Å². The standard InChI is InChI=1S/C36H34FN7O4/c1-3-35(45)43-15-12-25(13-16-43)47-33-19-27-31(20-32(33)46-2)39-22-40-36(27)41-30-11-10-26(18-28(30)37)48-34-14-17-44(42-34)24-6-4-5-7-29(38-21-24)23-8-9-23/h3-4,6,14,17-23,25H,1,5,7-9,12-13,15-16H2,2H3,(H,39,40,41). The number of piperidine rings is 1. The first kappa shape index (κ1) is 30.9. The summed E-state index contributed by atoms with van der Waals surface area (Å²) in [7, 11) is 1.56. The summed E-state index contributed by atoms with van der Waals surface area (Å²) >= 11 is 0. The van der Waals surface area contributed by atoms with Crippen LogP contribution < -0.4 is 19.5 Å². The number of aliphatic imine (C=N–C) groups is 1. The predicted molar refractivity (Wildman–Crippen MR) is 179 cm³/mol. The molecule has 0 spiro atoms. The second-order valence-electron chi connectivity index (χ2n) is 11.8. The first-order chi connectivity index (χ1) is 23.5. The summed E-state index contributed by atoms with van der Waals surface area (Å²) < 4.78 is 34.8. The van der Waals surface area contributed by atoms with E-state index in [2.05, 4.69) is 44.5 Å². The topological polar surface area (TPSA) is 116 Å². The van der Waals surface area contributed by atoms with Gasteiger partial charge in [-0.15, -0.1) is 5.10 Å². The number of benzene rings is 1. The molecule has 0 unspecified atom stereocenters. The molecule has 48 heavy (non-hydrogen) atoms. The Balaban J connectivity index is 1.08. The number of methoxy groups -OCH3 is 1. The van der Waals surface area contributed by atoms with E-state index >= 15 is 4.39 Å². The molecule has 0 radical (unpaired) electrons. The van der Waals surface area contributed by atoms with Crippen LogP contribution in [0.1, 0.15) is 38.5 Å². The van der Waals surface area contributed by atoms with E-state index in [4.69, 9.17) is 19.2 Å². The highest BCUT2D eigenvalue weighted by atomic mass is 19.1. The van der Waals surface area contributed by atoms with E-state index in [1.165, 1.54) is 37.0 Å². The maximum Gasteiger partial charge on any atom is 0.245 e. The summed E-state index contributed by atoms with van der Waals surface area (Å²) in [5.41, 5.74) is 8.32. The fourth-order valence-corrected chi connectivity index (χ4v) is 5.76. The Morgan fingerprint density at radius 1 is 1.15 bits per heavy atom. The van der Waals surface area contributed by atoms with E-state index < -0.39 is 5.83 Å². The monoisotopic (exact) mass is 647 g/mol. The molecule has 2 aliphatic heterocycles. The molecule has 11 nitrogen and oxygen atoms in total. The van der Waals surface area contributed by atoms with Crippen molar-refractivity contribution in [2.45, 2.75) is 44.6 Å². The number of fused-ring (bicyclic) bond motifs is 1. The van der Waals surface area contributed by atoms with Crippen LogP contribution in [0, 0.1) is 5.92 Å². The molecule has 7 rings (SSSR count). The molecule has 2 aromatic heterocycles. The molecule has 1 aromatic carbocycles. The maximum absolute atomic E-state index is 15.4. The van der Waals surface area contributed by atoms with Crippen LogP contribution in [0.4, 0.5) is 10.2 Å². The van der Waals surface area contributed by atoms with Gasteiger partial charge in [-0.3, -0.25) is 9.79 Å². The van der Waals surface area contributed by atoms with Gasteiger partial charge in [0.1, 0.15) is 23.9 Å². The van der Waals surface area contributed by atoms with Crippen molar-refractivity contribution in [3.63, 3.8) is 0 Å². The lowest BCUT2D eigenvalue weighted by Crippen LogP contribution is -2.41. The van der Waals surface area contributed by atoms with Crippen molar-refractivity contribution >= 4 is 34.0 Å². The number of anilines is 1. The minimum atomic E-state index is -0.617. The molecule has 2 aliphatic carbocycles. The average molecular weight is 648 g/mol. The SMILES string of the molecule is C=CC(=O)N1CCC(Oc2cc3c(NC4=C=C=C(Oc5ccn(C6=CN=C(C7CC7)CCC=C6)n5)C=C4F)ncnc3cc2OC)CC1. The number of carbonyl (C=O) groups is 1. The molecule has 12 heteroatoms. The number of allylic oxidation sites excluding steroid dienone is 5. The van der Waals surface area contributed by atoms with Crippen molar-refractivity contribution in [3.8, 4) is 17.4 Å². The summed E-state index contributed by atoms with van der Waals surface area (Å²) in [4.78, 5) is 27.2. The van der Waals surface area contributed by atoms with Crippen LogP contribution in [0.25, 0.3) is 16.6 Å². The molecule has 244 valence electrons. The van der Waals surface area contributed by atoms with E-state index in [0.717, 1.165) is 18.5 Å². The fraction of sp³-hybridized carbons (Fsp3) is 0.306. The zero-order valence-electron chi connectivity index (χ0n) is 26.5. The van der Waals surface area contributed by atoms with Crippen molar-refractivity contribution in [3.05, 3.63) is 96.6 Å². The number of ether oxygens (including phenoxy) is 3. The van der Waals surface area contributed by atoms with Gasteiger partial charge in [-0.05, 0) is 61.3 Å². The van der Waals surface area contributed by atoms with E-state index in [9.17, 15) is 4.79 Å². The Morgan fingerprint density at radius 3 is 2.77 bits per heavy atom. The number of aromatic nitrogens is 4. The van der Waals surface area contributed by atoms with Gasteiger partial charge in [-0.2, -0.15) is 0 Å². The van der Waals surface area contributed by atoms with Crippen molar-refractivity contribution in [1.82, 2.24) is 24.6 Å². The molecular weight excluding hydrogens is 613 g/mol. The second-order valence-corrected chi connectivity index (χ2v) is 11.8. The third kappa shape index (κ3) is 6.85. The van der Waals surface area contributed by atoms with E-state index in [0.29, 0.717) is 60.1 Å². The van der Waals surface area contributed by atoms with Crippen LogP contribution in [-0.4, -0.2) is 62.6 Å². The molecular formula is C36H34FN7O4. The number of nitrogens with one attached hydrogen (secondary N) is 1. The van der Waals surface area contributed by atoms with Gasteiger partial charge in [0.2, 0.25) is 11.8 Å². The molecule has 1 saturated heterocycles. The summed E-state index contributed by atoms with van der Waals surface area (Å²) in [5.74, 6) is 1.66. The van der Waals surface area contributed by atoms with Crippen LogP contribution in [0.2, 0.25) is 0 Å². The van der Waals surface area contributed by atoms with Crippen LogP contribution >= 0.6 is 0 Å². The summed E-state index contributed by atoms with van der Waals surface area (Å²) in [6, 6.07) is 5.21. The number of rotatable bonds is 10. The molecule has 0 bridgehead atoms. The van der Waals surface area contributed by atoms with Gasteiger partial charge in [0.05, 0.1) is 24.5 Å². The molecule has 1 saturated carbocycles. The number of amides is 1. The van der Waals surface area contributed by atoms with Crippen molar-refractivity contribution in [2.75, 3.05) is 25.5 Å². The van der Waals surface area contributed by atoms with Gasteiger partial charge < -0.3 is 24.4 Å². The third-order valence-electron chi connectivity index (χ3n) is 8.50. The fourth-order valence-electron chi connectivity index (χ4n) is 5.76. The van der Waals surface area contributed by atoms with Gasteiger partial charge in [-0.25, -0.2) is 19.0 Å². The molecule has 2 fully saturated rings. The number of hydrogen-bond donors (Lipinski definition) is 1. The van der Waals surface area contributed by atoms with Gasteiger partial charge in [0, 0.05) is 61.4 Å². The first-order valence-corrected chi connectivity index (χ1v) is 16.0. The summed E-state index contributed by atoms with van der Waals surface area (Å²) in [5, 5.41) is 8.10. The first-order valence-electron chi connectivity index (χ1n) is 16.0. The Labute approximate surface area is 276 Å². The average Bonchev–Trinajstić information content (AvgIpc) is 3.83. The number of carbonyl (C=O) groups excluding carboxylic acids is 1. The van der Waals surface area contributed by atoms with E-state index in [1.54, 1.807) is 41.1 Å². The van der Waals surface area contributed by atoms with E-state index in [-0.39, 0.29) is 29.3 Å². The number of hydrogen-bond acceptors (Lipinski definition) is 9. The van der Waals surface area contributed by atoms with Gasteiger partial charge in [0.15, 0.2) is 23.1 Å². The van der Waals surface area contributed by atoms with Crippen molar-refractivity contribution in [1.29, 1.82) is 0 Å². The Kier molecular flexibility index (Phi) is 8.74. The molecule has 0 atom stereocenters. The summed E-state index contributed by atoms with van der Waals surface area (Å²) in [6.45, 7) is 4.70. The highest BCUT2D eigenvalue weighted by Gasteiger charge is 2.27. The zero-order valence-corrected chi connectivity index (χ0v) is 26.5. The van der Waals surface area contributed by atoms with Gasteiger partial charge >= 0.3 is 0 Å². The molecule has 1 amide bonds. The van der Waals surface area contributed by atoms with Crippen molar-refractivity contribution < 1.29 is 23.4 Å². The Morgan fingerprint density at radius 2 is 2.00 bits per heavy atom. The normalized spacial score (nSPS) is 18.1. The highest BCUT2D eigenvalue weighted by molar-refractivity contribution is 5.92. The predicted octanol–water partition coefficient (Wildman–Crippen LogP) is 6.27. The lowest BCUT2D eigenvalue weighted by Gasteiger charge is -2.31. The Bertz CT molecular complexity index is 2000. The Hall–Kier alpha value is -5.70. The zero-order chi connectivity index (χ0) is 33.0. The minimum Gasteiger partial charge on any atom is -0.493 e. The third-order valence-corrected chi connectivity index (χ3v) is 8.50. The van der Waals surface area contributed by atoms with Crippen LogP contribution in [0.3, 0.4) is 0 Å². The molecule has 4 heterocycles. The maximum atomic E-state index is 15.4. The largest absolute Gasteiger partial charge is 0.493 e. The van der Waals surface area contributed by atoms with Crippen LogP contribution in [0.15, 0.2) is 102 Å². The summed E-state index contributed by atoms with van der Waals surface area (Å²) in [6.07, 6.45) is 17.2. The number of halogens is 1. The van der Waals surface area contributed by atoms with Crippen LogP contribution in [0.5, 0.6) is 17.4 Å². The lowest BCUT2D eigenvalue weighted by molar-refractivity contribution is -0.127. The quantitative estimate of drug-likeness (QED) is 0.202. The van der Waals surface area contributed by atoms with E-state index in [1.807, 2.05) is 12.3 Å². The number of nitrogens with zero attached hydrogens (tertiary/aromatic N) is 6. The van der Waals surface area contributed by atoms with Gasteiger partial charge in [-0.1, -0.05) is 12.7 Å². The number of likely N-dealkylation sites (tertiary alicyclic amines) is 1. The molecule has 3 aromatic rings. The second kappa shape index (κ2) is 13.6. The van der Waals surface area contributed by atoms with Crippen molar-refractivity contribution in [2.24, 2.45) is 10.9 Å². The highest BCUT2D eigenvalue weighted by Crippen LogP contribution is 2.37.